The van der Waals surface area contributed by atoms with Crippen molar-refractivity contribution in [2.45, 2.75) is 44.8 Å². The Hall–Kier alpha value is -1.84. The number of nitrogens with one attached hydrogen (secondary N) is 2. The monoisotopic (exact) mass is 481 g/mol. The smallest absolute Gasteiger partial charge is 0.191 e. The summed E-state index contributed by atoms with van der Waals surface area (Å²) in [5, 5.41) is 15.6. The molecule has 2 N–H and O–H groups in total. The number of benzene rings is 1. The maximum absolute atomic E-state index is 4.38. The van der Waals surface area contributed by atoms with Gasteiger partial charge in [0, 0.05) is 44.8 Å². The molecule has 146 valence electrons. The third-order valence-corrected chi connectivity index (χ3v) is 5.22. The summed E-state index contributed by atoms with van der Waals surface area (Å²) in [6.45, 7) is 3.74. The van der Waals surface area contributed by atoms with Crippen molar-refractivity contribution in [2.75, 3.05) is 25.0 Å². The topological polar surface area (TPSA) is 70.4 Å². The fraction of sp³-hybridized carbons (Fsp3) is 0.526. The van der Waals surface area contributed by atoms with Crippen molar-refractivity contribution < 1.29 is 0 Å². The van der Waals surface area contributed by atoms with Crippen molar-refractivity contribution in [1.29, 1.82) is 0 Å². The highest BCUT2D eigenvalue weighted by Crippen LogP contribution is 2.19. The zero-order chi connectivity index (χ0) is 17.8. The summed E-state index contributed by atoms with van der Waals surface area (Å²) in [6.07, 6.45) is 4.57. The molecular weight excluding hydrogens is 453 g/mol. The Morgan fingerprint density at radius 3 is 2.85 bits per heavy atom. The average Bonchev–Trinajstić information content (AvgIpc) is 3.33. The molecule has 2 aliphatic heterocycles. The zero-order valence-electron chi connectivity index (χ0n) is 15.8. The molecule has 7 nitrogen and oxygen atoms in total. The molecule has 1 saturated heterocycles. The van der Waals surface area contributed by atoms with Crippen molar-refractivity contribution in [1.82, 2.24) is 25.4 Å². The molecule has 0 saturated carbocycles. The summed E-state index contributed by atoms with van der Waals surface area (Å²) >= 11 is 0. The van der Waals surface area contributed by atoms with Crippen LogP contribution in [0.2, 0.25) is 0 Å². The van der Waals surface area contributed by atoms with Gasteiger partial charge in [0.2, 0.25) is 0 Å². The van der Waals surface area contributed by atoms with Crippen LogP contribution in [0.4, 0.5) is 5.69 Å². The Morgan fingerprint density at radius 2 is 2.04 bits per heavy atom. The van der Waals surface area contributed by atoms with Gasteiger partial charge >= 0.3 is 0 Å². The number of para-hydroxylation sites is 1. The second-order valence-electron chi connectivity index (χ2n) is 6.98. The Morgan fingerprint density at radius 1 is 1.19 bits per heavy atom. The fourth-order valence-corrected chi connectivity index (χ4v) is 3.80. The van der Waals surface area contributed by atoms with Gasteiger partial charge in [-0.1, -0.05) is 18.2 Å². The van der Waals surface area contributed by atoms with Crippen LogP contribution in [0.15, 0.2) is 35.3 Å². The molecule has 0 amide bonds. The summed E-state index contributed by atoms with van der Waals surface area (Å²) in [5.74, 6) is 2.95. The van der Waals surface area contributed by atoms with E-state index in [2.05, 4.69) is 65.6 Å². The van der Waals surface area contributed by atoms with E-state index >= 15 is 0 Å². The number of aromatic nitrogens is 3. The molecule has 4 rings (SSSR count). The number of aryl methyl sites for hydroxylation is 1. The standard InChI is InChI=1S/C19H27N7.HI/c1-20-19(21-13-18-24-23-17-9-5-6-11-26(17)18)22-15-10-12-25(14-15)16-7-3-2-4-8-16;/h2-4,7-8,15H,5-6,9-14H2,1H3,(H2,20,21,22);1H. The number of halogens is 1. The molecule has 1 aromatic carbocycles. The van der Waals surface area contributed by atoms with Gasteiger partial charge in [-0.15, -0.1) is 34.2 Å². The van der Waals surface area contributed by atoms with Gasteiger partial charge < -0.3 is 20.1 Å². The zero-order valence-corrected chi connectivity index (χ0v) is 18.1. The van der Waals surface area contributed by atoms with E-state index in [-0.39, 0.29) is 24.0 Å². The maximum Gasteiger partial charge on any atom is 0.191 e. The second kappa shape index (κ2) is 9.38. The van der Waals surface area contributed by atoms with Gasteiger partial charge in [0.1, 0.15) is 5.82 Å². The maximum atomic E-state index is 4.38. The predicted molar refractivity (Wildman–Crippen MR) is 119 cm³/mol. The minimum absolute atomic E-state index is 0. The molecule has 27 heavy (non-hydrogen) atoms. The van der Waals surface area contributed by atoms with Crippen molar-refractivity contribution in [2.24, 2.45) is 4.99 Å². The van der Waals surface area contributed by atoms with Crippen molar-refractivity contribution in [3.63, 3.8) is 0 Å². The lowest BCUT2D eigenvalue weighted by Crippen LogP contribution is -2.44. The van der Waals surface area contributed by atoms with E-state index in [4.69, 9.17) is 0 Å². The second-order valence-corrected chi connectivity index (χ2v) is 6.98. The first-order chi connectivity index (χ1) is 12.8. The molecule has 2 aromatic rings. The predicted octanol–water partition coefficient (Wildman–Crippen LogP) is 2.18. The van der Waals surface area contributed by atoms with Crippen LogP contribution in [-0.2, 0) is 19.5 Å². The van der Waals surface area contributed by atoms with Crippen LogP contribution in [-0.4, -0.2) is 46.9 Å². The Bertz CT molecular complexity index is 759. The molecule has 1 fully saturated rings. The molecule has 2 aliphatic rings. The quantitative estimate of drug-likeness (QED) is 0.398. The van der Waals surface area contributed by atoms with Crippen molar-refractivity contribution >= 4 is 35.6 Å². The van der Waals surface area contributed by atoms with Gasteiger partial charge in [0.05, 0.1) is 6.54 Å². The molecule has 0 bridgehead atoms. The van der Waals surface area contributed by atoms with Gasteiger partial charge in [-0.05, 0) is 31.4 Å². The van der Waals surface area contributed by atoms with E-state index in [1.54, 1.807) is 0 Å². The highest BCUT2D eigenvalue weighted by atomic mass is 127. The summed E-state index contributed by atoms with van der Waals surface area (Å²) in [5.41, 5.74) is 1.29. The minimum atomic E-state index is 0. The first-order valence-electron chi connectivity index (χ1n) is 9.51. The van der Waals surface area contributed by atoms with Crippen LogP contribution in [0.25, 0.3) is 0 Å². The largest absolute Gasteiger partial charge is 0.369 e. The molecule has 0 radical (unpaired) electrons. The summed E-state index contributed by atoms with van der Waals surface area (Å²) in [6, 6.07) is 11.0. The lowest BCUT2D eigenvalue weighted by Gasteiger charge is -2.20. The average molecular weight is 481 g/mol. The van der Waals surface area contributed by atoms with Crippen LogP contribution < -0.4 is 15.5 Å². The highest BCUT2D eigenvalue weighted by Gasteiger charge is 2.23. The molecule has 0 aliphatic carbocycles. The first kappa shape index (κ1) is 19.9. The van der Waals surface area contributed by atoms with Gasteiger partial charge in [-0.3, -0.25) is 4.99 Å². The number of rotatable bonds is 4. The molecule has 1 atom stereocenters. The molecule has 1 unspecified atom stereocenters. The van der Waals surface area contributed by atoms with Crippen LogP contribution >= 0.6 is 24.0 Å². The van der Waals surface area contributed by atoms with E-state index < -0.39 is 0 Å². The van der Waals surface area contributed by atoms with E-state index in [0.717, 1.165) is 50.1 Å². The fourth-order valence-electron chi connectivity index (χ4n) is 3.80. The number of fused-ring (bicyclic) bond motifs is 1. The Labute approximate surface area is 177 Å². The van der Waals surface area contributed by atoms with E-state index in [1.165, 1.54) is 18.5 Å². The lowest BCUT2D eigenvalue weighted by atomic mass is 10.2. The van der Waals surface area contributed by atoms with Crippen molar-refractivity contribution in [3.05, 3.63) is 42.0 Å². The van der Waals surface area contributed by atoms with Gasteiger partial charge in [0.15, 0.2) is 11.8 Å². The SMILES string of the molecule is CN=C(NCc1nnc2n1CCCC2)NC1CCN(c2ccccc2)C1.I. The minimum Gasteiger partial charge on any atom is -0.369 e. The van der Waals surface area contributed by atoms with E-state index in [9.17, 15) is 0 Å². The third kappa shape index (κ3) is 4.72. The Kier molecular flexibility index (Phi) is 6.92. The van der Waals surface area contributed by atoms with Crippen LogP contribution in [0.5, 0.6) is 0 Å². The summed E-state index contributed by atoms with van der Waals surface area (Å²) < 4.78 is 2.25. The molecule has 1 aromatic heterocycles. The number of hydrogen-bond donors (Lipinski definition) is 2. The molecule has 0 spiro atoms. The number of nitrogens with zero attached hydrogens (tertiary/aromatic N) is 5. The summed E-state index contributed by atoms with van der Waals surface area (Å²) in [7, 11) is 1.82. The van der Waals surface area contributed by atoms with Gasteiger partial charge in [-0.25, -0.2) is 0 Å². The van der Waals surface area contributed by atoms with Crippen molar-refractivity contribution in [3.8, 4) is 0 Å². The number of guanidine groups is 1. The molecular formula is C19H28IN7. The lowest BCUT2D eigenvalue weighted by molar-refractivity contribution is 0.504. The van der Waals surface area contributed by atoms with Crippen LogP contribution in [0.3, 0.4) is 0 Å². The van der Waals surface area contributed by atoms with Crippen LogP contribution in [0.1, 0.15) is 30.9 Å². The van der Waals surface area contributed by atoms with E-state index in [0.29, 0.717) is 12.6 Å². The number of hydrogen-bond acceptors (Lipinski definition) is 4. The molecule has 8 heteroatoms. The molecule has 3 heterocycles. The van der Waals surface area contributed by atoms with E-state index in [1.807, 2.05) is 7.05 Å². The Balaban J connectivity index is 0.00000210. The third-order valence-electron chi connectivity index (χ3n) is 5.22. The number of aliphatic imine (C=N–C) groups is 1. The highest BCUT2D eigenvalue weighted by molar-refractivity contribution is 14.0. The first-order valence-corrected chi connectivity index (χ1v) is 9.51. The van der Waals surface area contributed by atoms with Crippen LogP contribution in [0, 0.1) is 0 Å². The normalized spacial score (nSPS) is 19.4. The van der Waals surface area contributed by atoms with Gasteiger partial charge in [-0.2, -0.15) is 0 Å². The summed E-state index contributed by atoms with van der Waals surface area (Å²) in [4.78, 5) is 6.80. The van der Waals surface area contributed by atoms with Gasteiger partial charge in [0.25, 0.3) is 0 Å². The number of anilines is 1.